The maximum Gasteiger partial charge on any atom is 0.320 e. The lowest BCUT2D eigenvalue weighted by Gasteiger charge is -2.18. The van der Waals surface area contributed by atoms with Crippen LogP contribution in [0.2, 0.25) is 0 Å². The fourth-order valence-corrected chi connectivity index (χ4v) is 2.74. The van der Waals surface area contributed by atoms with Crippen LogP contribution in [0, 0.1) is 5.41 Å². The number of aliphatic hydroxyl groups excluding tert-OH is 3. The van der Waals surface area contributed by atoms with E-state index in [1.165, 1.54) is 17.2 Å². The second-order valence-electron chi connectivity index (χ2n) is 7.64. The van der Waals surface area contributed by atoms with Crippen molar-refractivity contribution < 1.29 is 24.9 Å². The molecule has 3 heterocycles. The van der Waals surface area contributed by atoms with Gasteiger partial charge < -0.3 is 25.4 Å². The lowest BCUT2D eigenvalue weighted by atomic mass is 9.97. The maximum atomic E-state index is 12.1. The molecule has 11 heteroatoms. The van der Waals surface area contributed by atoms with Crippen LogP contribution in [0.1, 0.15) is 27.0 Å². The van der Waals surface area contributed by atoms with Gasteiger partial charge in [-0.15, -0.1) is 0 Å². The Morgan fingerprint density at radius 2 is 2.00 bits per heavy atom. The summed E-state index contributed by atoms with van der Waals surface area (Å²) in [5.41, 5.74) is 0.548. The third-order valence-corrected chi connectivity index (χ3v) is 4.16. The van der Waals surface area contributed by atoms with Gasteiger partial charge in [-0.25, -0.2) is 19.7 Å². The zero-order valence-electron chi connectivity index (χ0n) is 15.3. The van der Waals surface area contributed by atoms with Gasteiger partial charge in [0.1, 0.15) is 24.6 Å². The van der Waals surface area contributed by atoms with E-state index in [1.54, 1.807) is 0 Å². The number of amides is 2. The monoisotopic (exact) mass is 380 g/mol. The third kappa shape index (κ3) is 4.00. The molecule has 148 valence electrons. The molecule has 0 unspecified atom stereocenters. The Bertz CT molecular complexity index is 819. The number of hydrogen-bond acceptors (Lipinski definition) is 8. The summed E-state index contributed by atoms with van der Waals surface area (Å²) in [7, 11) is 0. The Morgan fingerprint density at radius 3 is 2.63 bits per heavy atom. The van der Waals surface area contributed by atoms with Crippen molar-refractivity contribution in [3.63, 3.8) is 0 Å². The molecule has 0 bridgehead atoms. The highest BCUT2D eigenvalue weighted by atomic mass is 16.6. The first-order valence-corrected chi connectivity index (χ1v) is 8.56. The van der Waals surface area contributed by atoms with Gasteiger partial charge in [-0.3, -0.25) is 9.88 Å². The first kappa shape index (κ1) is 19.4. The van der Waals surface area contributed by atoms with Gasteiger partial charge in [0.2, 0.25) is 0 Å². The van der Waals surface area contributed by atoms with E-state index in [1.807, 2.05) is 20.8 Å². The molecule has 3 rings (SSSR count). The van der Waals surface area contributed by atoms with E-state index in [9.17, 15) is 20.1 Å². The molecule has 1 aliphatic heterocycles. The molecule has 0 aromatic carbocycles. The normalized spacial score (nSPS) is 25.7. The molecule has 11 nitrogen and oxygen atoms in total. The number of hydrogen-bond donors (Lipinski definition) is 5. The lowest BCUT2D eigenvalue weighted by Crippen LogP contribution is -2.35. The summed E-state index contributed by atoms with van der Waals surface area (Å²) in [5, 5.41) is 34.7. The molecule has 0 spiro atoms. The van der Waals surface area contributed by atoms with E-state index < -0.39 is 37.2 Å². The second-order valence-corrected chi connectivity index (χ2v) is 7.64. The fourth-order valence-electron chi connectivity index (χ4n) is 2.74. The van der Waals surface area contributed by atoms with E-state index >= 15 is 0 Å². The standard InChI is InChI=1S/C16H24N6O5/c1-16(2,3)5-17-15(26)21-12-9-13(19-6-18-12)22(7-20-9)14-11(25)10(24)8(4-23)27-14/h6-8,10-11,14,23-25H,4-5H2,1-3H3,(H2,17,18,19,21,26)/t8-,10-,11-,14-/m1/s1. The molecule has 4 atom stereocenters. The SMILES string of the molecule is CC(C)(C)CNC(=O)Nc1ncnc2c1ncn2[C@@H]1O[C@H](CO)[C@@H](O)[C@H]1O. The number of carbonyl (C=O) groups is 1. The van der Waals surface area contributed by atoms with Gasteiger partial charge in [-0.1, -0.05) is 20.8 Å². The van der Waals surface area contributed by atoms with E-state index in [0.717, 1.165) is 0 Å². The molecular weight excluding hydrogens is 356 g/mol. The summed E-state index contributed by atoms with van der Waals surface area (Å²) < 4.78 is 6.93. The Labute approximate surface area is 155 Å². The van der Waals surface area contributed by atoms with Crippen molar-refractivity contribution in [3.05, 3.63) is 12.7 Å². The average Bonchev–Trinajstić information content (AvgIpc) is 3.15. The van der Waals surface area contributed by atoms with Gasteiger partial charge in [0.05, 0.1) is 12.9 Å². The average molecular weight is 380 g/mol. The summed E-state index contributed by atoms with van der Waals surface area (Å²) in [6, 6.07) is -0.424. The lowest BCUT2D eigenvalue weighted by molar-refractivity contribution is -0.0511. The highest BCUT2D eigenvalue weighted by Gasteiger charge is 2.44. The number of nitrogens with one attached hydrogen (secondary N) is 2. The van der Waals surface area contributed by atoms with Crippen molar-refractivity contribution in [3.8, 4) is 0 Å². The van der Waals surface area contributed by atoms with Crippen molar-refractivity contribution in [2.45, 2.75) is 45.3 Å². The van der Waals surface area contributed by atoms with Crippen LogP contribution in [0.15, 0.2) is 12.7 Å². The molecule has 2 aromatic rings. The van der Waals surface area contributed by atoms with Crippen molar-refractivity contribution in [1.82, 2.24) is 24.8 Å². The Kier molecular flexibility index (Phi) is 5.29. The number of ether oxygens (including phenoxy) is 1. The van der Waals surface area contributed by atoms with Crippen molar-refractivity contribution in [2.24, 2.45) is 5.41 Å². The van der Waals surface area contributed by atoms with E-state index in [-0.39, 0.29) is 11.2 Å². The van der Waals surface area contributed by atoms with Crippen molar-refractivity contribution >= 4 is 23.0 Å². The van der Waals surface area contributed by atoms with Crippen LogP contribution >= 0.6 is 0 Å². The number of aliphatic hydroxyl groups is 3. The number of nitrogens with zero attached hydrogens (tertiary/aromatic N) is 4. The van der Waals surface area contributed by atoms with Crippen LogP contribution in [-0.2, 0) is 4.74 Å². The molecule has 2 aromatic heterocycles. The van der Waals surface area contributed by atoms with Crippen molar-refractivity contribution in [2.75, 3.05) is 18.5 Å². The van der Waals surface area contributed by atoms with Crippen LogP contribution in [0.4, 0.5) is 10.6 Å². The highest BCUT2D eigenvalue weighted by Crippen LogP contribution is 2.32. The number of fused-ring (bicyclic) bond motifs is 1. The predicted octanol–water partition coefficient (Wildman–Crippen LogP) is -0.395. The highest BCUT2D eigenvalue weighted by molar-refractivity contribution is 5.95. The van der Waals surface area contributed by atoms with Gasteiger partial charge in [0, 0.05) is 6.54 Å². The smallest absolute Gasteiger partial charge is 0.320 e. The number of rotatable bonds is 4. The summed E-state index contributed by atoms with van der Waals surface area (Å²) in [6.07, 6.45) is -1.76. The van der Waals surface area contributed by atoms with Gasteiger partial charge in [-0.05, 0) is 5.41 Å². The largest absolute Gasteiger partial charge is 0.394 e. The zero-order valence-corrected chi connectivity index (χ0v) is 15.3. The maximum absolute atomic E-state index is 12.1. The second kappa shape index (κ2) is 7.35. The molecule has 27 heavy (non-hydrogen) atoms. The topological polar surface area (TPSA) is 155 Å². The summed E-state index contributed by atoms with van der Waals surface area (Å²) in [6.45, 7) is 6.04. The minimum absolute atomic E-state index is 0.0695. The summed E-state index contributed by atoms with van der Waals surface area (Å²) in [4.78, 5) is 24.5. The number of aromatic nitrogens is 4. The molecule has 0 saturated carbocycles. The first-order chi connectivity index (χ1) is 12.7. The van der Waals surface area contributed by atoms with E-state index in [0.29, 0.717) is 17.7 Å². The Balaban J connectivity index is 1.82. The van der Waals surface area contributed by atoms with Crippen LogP contribution < -0.4 is 10.6 Å². The number of imidazole rings is 1. The van der Waals surface area contributed by atoms with E-state index in [4.69, 9.17) is 4.74 Å². The van der Waals surface area contributed by atoms with Crippen LogP contribution in [-0.4, -0.2) is 72.3 Å². The molecule has 1 fully saturated rings. The van der Waals surface area contributed by atoms with Crippen LogP contribution in [0.25, 0.3) is 11.2 Å². The minimum Gasteiger partial charge on any atom is -0.394 e. The summed E-state index contributed by atoms with van der Waals surface area (Å²) >= 11 is 0. The minimum atomic E-state index is -1.26. The number of carbonyl (C=O) groups excluding carboxylic acids is 1. The molecule has 2 amide bonds. The molecule has 0 radical (unpaired) electrons. The third-order valence-electron chi connectivity index (χ3n) is 4.16. The predicted molar refractivity (Wildman–Crippen MR) is 94.8 cm³/mol. The number of urea groups is 1. The molecule has 1 saturated heterocycles. The van der Waals surface area contributed by atoms with Crippen LogP contribution in [0.3, 0.4) is 0 Å². The zero-order chi connectivity index (χ0) is 19.8. The molecule has 0 aliphatic carbocycles. The fraction of sp³-hybridized carbons (Fsp3) is 0.625. The summed E-state index contributed by atoms with van der Waals surface area (Å²) in [5.74, 6) is 0.205. The molecular formula is C16H24N6O5. The van der Waals surface area contributed by atoms with Gasteiger partial charge in [-0.2, -0.15) is 0 Å². The van der Waals surface area contributed by atoms with Crippen LogP contribution in [0.5, 0.6) is 0 Å². The number of anilines is 1. The van der Waals surface area contributed by atoms with Gasteiger partial charge in [0.25, 0.3) is 0 Å². The van der Waals surface area contributed by atoms with Gasteiger partial charge in [0.15, 0.2) is 23.2 Å². The van der Waals surface area contributed by atoms with Crippen molar-refractivity contribution in [1.29, 1.82) is 0 Å². The Morgan fingerprint density at radius 1 is 1.26 bits per heavy atom. The molecule has 1 aliphatic rings. The molecule has 5 N–H and O–H groups in total. The Hall–Kier alpha value is -2.34. The quantitative estimate of drug-likeness (QED) is 0.480. The van der Waals surface area contributed by atoms with Gasteiger partial charge >= 0.3 is 6.03 Å². The van der Waals surface area contributed by atoms with E-state index in [2.05, 4.69) is 25.6 Å². The first-order valence-electron chi connectivity index (χ1n) is 8.56.